The van der Waals surface area contributed by atoms with E-state index in [4.69, 9.17) is 5.73 Å². The fourth-order valence-corrected chi connectivity index (χ4v) is 2.71. The number of thiazole rings is 1. The van der Waals surface area contributed by atoms with E-state index in [0.29, 0.717) is 12.5 Å². The van der Waals surface area contributed by atoms with Crippen LogP contribution in [0.15, 0.2) is 34.6 Å². The predicted octanol–water partition coefficient (Wildman–Crippen LogP) is 3.24. The van der Waals surface area contributed by atoms with Gasteiger partial charge in [-0.3, -0.25) is 4.99 Å². The van der Waals surface area contributed by atoms with Crippen LogP contribution in [0.25, 0.3) is 0 Å². The van der Waals surface area contributed by atoms with Crippen molar-refractivity contribution in [2.75, 3.05) is 11.9 Å². The smallest absolute Gasteiger partial charge is 0.193 e. The van der Waals surface area contributed by atoms with Gasteiger partial charge >= 0.3 is 0 Å². The molecule has 0 saturated carbocycles. The summed E-state index contributed by atoms with van der Waals surface area (Å²) in [6.07, 6.45) is 2.86. The third-order valence-corrected chi connectivity index (χ3v) is 4.23. The number of nitrogens with one attached hydrogen (secondary N) is 1. The van der Waals surface area contributed by atoms with Crippen LogP contribution >= 0.6 is 11.3 Å². The molecule has 1 aromatic carbocycles. The van der Waals surface area contributed by atoms with Crippen LogP contribution < -0.4 is 11.1 Å². The van der Waals surface area contributed by atoms with E-state index in [1.165, 1.54) is 10.6 Å². The number of guanidine groups is 1. The fourth-order valence-electron chi connectivity index (χ4n) is 1.93. The molecular weight excluding hydrogens is 280 g/mol. The molecule has 2 rings (SSSR count). The summed E-state index contributed by atoms with van der Waals surface area (Å²) >= 11 is 1.71. The van der Waals surface area contributed by atoms with Gasteiger partial charge in [0.15, 0.2) is 5.96 Å². The second-order valence-corrected chi connectivity index (χ2v) is 5.72. The van der Waals surface area contributed by atoms with Crippen LogP contribution in [0.5, 0.6) is 0 Å². The van der Waals surface area contributed by atoms with E-state index in [9.17, 15) is 0 Å². The number of hydrogen-bond donors (Lipinski definition) is 2. The Balaban J connectivity index is 1.82. The number of hydrogen-bond acceptors (Lipinski definition) is 3. The van der Waals surface area contributed by atoms with E-state index in [0.717, 1.165) is 30.6 Å². The molecule has 0 amide bonds. The molecule has 3 N–H and O–H groups in total. The van der Waals surface area contributed by atoms with Gasteiger partial charge in [0.25, 0.3) is 0 Å². The van der Waals surface area contributed by atoms with Gasteiger partial charge in [0.2, 0.25) is 0 Å². The minimum absolute atomic E-state index is 0.449. The summed E-state index contributed by atoms with van der Waals surface area (Å²) in [5.41, 5.74) is 9.27. The molecule has 0 aliphatic heterocycles. The van der Waals surface area contributed by atoms with Gasteiger partial charge < -0.3 is 11.1 Å². The van der Waals surface area contributed by atoms with E-state index in [1.807, 2.05) is 12.1 Å². The molecule has 21 heavy (non-hydrogen) atoms. The molecule has 1 aromatic heterocycles. The van der Waals surface area contributed by atoms with E-state index in [1.54, 1.807) is 11.3 Å². The summed E-state index contributed by atoms with van der Waals surface area (Å²) in [7, 11) is 0. The monoisotopic (exact) mass is 302 g/mol. The zero-order chi connectivity index (χ0) is 15.1. The van der Waals surface area contributed by atoms with Crippen molar-refractivity contribution in [2.45, 2.75) is 33.1 Å². The maximum absolute atomic E-state index is 5.89. The van der Waals surface area contributed by atoms with Crippen LogP contribution in [0.2, 0.25) is 0 Å². The molecule has 0 bridgehead atoms. The zero-order valence-electron chi connectivity index (χ0n) is 12.6. The van der Waals surface area contributed by atoms with Crippen LogP contribution in [0.1, 0.15) is 30.1 Å². The van der Waals surface area contributed by atoms with Crippen molar-refractivity contribution in [2.24, 2.45) is 10.7 Å². The second kappa shape index (κ2) is 7.78. The lowest BCUT2D eigenvalue weighted by Gasteiger charge is -2.06. The van der Waals surface area contributed by atoms with Crippen LogP contribution in [-0.4, -0.2) is 17.5 Å². The van der Waals surface area contributed by atoms with Gasteiger partial charge in [-0.15, -0.1) is 11.3 Å². The summed E-state index contributed by atoms with van der Waals surface area (Å²) in [5, 5.41) is 6.38. The van der Waals surface area contributed by atoms with Gasteiger partial charge in [0.1, 0.15) is 0 Å². The Hall–Kier alpha value is -1.88. The maximum Gasteiger partial charge on any atom is 0.193 e. The minimum atomic E-state index is 0.449. The summed E-state index contributed by atoms with van der Waals surface area (Å²) in [6.45, 7) is 4.91. The highest BCUT2D eigenvalue weighted by atomic mass is 32.1. The maximum atomic E-state index is 5.89. The lowest BCUT2D eigenvalue weighted by atomic mass is 10.1. The number of benzene rings is 1. The number of nitrogens with zero attached hydrogens (tertiary/aromatic N) is 2. The highest BCUT2D eigenvalue weighted by molar-refractivity contribution is 7.09. The summed E-state index contributed by atoms with van der Waals surface area (Å²) in [6, 6.07) is 8.23. The normalized spacial score (nSPS) is 11.6. The van der Waals surface area contributed by atoms with Crippen molar-refractivity contribution in [3.63, 3.8) is 0 Å². The van der Waals surface area contributed by atoms with Crippen molar-refractivity contribution in [1.82, 2.24) is 4.98 Å². The first-order chi connectivity index (χ1) is 10.2. The average molecular weight is 302 g/mol. The van der Waals surface area contributed by atoms with Crippen LogP contribution in [0.3, 0.4) is 0 Å². The summed E-state index contributed by atoms with van der Waals surface area (Å²) in [4.78, 5) is 8.86. The largest absolute Gasteiger partial charge is 0.370 e. The Morgan fingerprint density at radius 2 is 2.00 bits per heavy atom. The van der Waals surface area contributed by atoms with Crippen LogP contribution in [-0.2, 0) is 19.3 Å². The number of anilines is 1. The van der Waals surface area contributed by atoms with Crippen molar-refractivity contribution >= 4 is 23.0 Å². The lowest BCUT2D eigenvalue weighted by Crippen LogP contribution is -2.23. The fraction of sp³-hybridized carbons (Fsp3) is 0.375. The van der Waals surface area contributed by atoms with Gasteiger partial charge in [-0.2, -0.15) is 0 Å². The van der Waals surface area contributed by atoms with Gasteiger partial charge in [-0.25, -0.2) is 4.98 Å². The first-order valence-corrected chi connectivity index (χ1v) is 8.18. The Bertz CT molecular complexity index is 587. The summed E-state index contributed by atoms with van der Waals surface area (Å²) in [5.74, 6) is 0.449. The minimum Gasteiger partial charge on any atom is -0.370 e. The SMILES string of the molecule is CCc1ccc(NC(N)=NCCc2csc(CC)n2)cc1. The average Bonchev–Trinajstić information content (AvgIpc) is 2.96. The van der Waals surface area contributed by atoms with E-state index in [2.05, 4.69) is 46.7 Å². The lowest BCUT2D eigenvalue weighted by molar-refractivity contribution is 0.916. The molecule has 4 nitrogen and oxygen atoms in total. The molecule has 0 saturated heterocycles. The molecule has 1 heterocycles. The number of aryl methyl sites for hydroxylation is 2. The van der Waals surface area contributed by atoms with Gasteiger partial charge in [-0.05, 0) is 30.5 Å². The molecule has 0 atom stereocenters. The first-order valence-electron chi connectivity index (χ1n) is 7.30. The number of aliphatic imine (C=N–C) groups is 1. The molecule has 0 unspecified atom stereocenters. The molecule has 0 aliphatic rings. The first kappa shape index (κ1) is 15.5. The highest BCUT2D eigenvalue weighted by Gasteiger charge is 2.00. The summed E-state index contributed by atoms with van der Waals surface area (Å²) < 4.78 is 0. The molecule has 0 fully saturated rings. The van der Waals surface area contributed by atoms with Crippen LogP contribution in [0, 0.1) is 0 Å². The Morgan fingerprint density at radius 1 is 1.24 bits per heavy atom. The standard InChI is InChI=1S/C16H22N4S/c1-3-12-5-7-13(8-6-12)20-16(17)18-10-9-14-11-21-15(4-2)19-14/h5-8,11H,3-4,9-10H2,1-2H3,(H3,17,18,20). The van der Waals surface area contributed by atoms with Crippen molar-refractivity contribution in [1.29, 1.82) is 0 Å². The highest BCUT2D eigenvalue weighted by Crippen LogP contribution is 2.11. The molecule has 0 spiro atoms. The van der Waals surface area contributed by atoms with E-state index >= 15 is 0 Å². The quantitative estimate of drug-likeness (QED) is 0.636. The Morgan fingerprint density at radius 3 is 2.62 bits per heavy atom. The molecule has 5 heteroatoms. The number of aromatic nitrogens is 1. The third-order valence-electron chi connectivity index (χ3n) is 3.19. The second-order valence-electron chi connectivity index (χ2n) is 4.78. The molecule has 0 radical (unpaired) electrons. The number of rotatable bonds is 6. The Kier molecular flexibility index (Phi) is 5.75. The van der Waals surface area contributed by atoms with Gasteiger partial charge in [0, 0.05) is 24.0 Å². The molecular formula is C16H22N4S. The van der Waals surface area contributed by atoms with Gasteiger partial charge in [0.05, 0.1) is 10.7 Å². The predicted molar refractivity (Wildman–Crippen MR) is 91.1 cm³/mol. The van der Waals surface area contributed by atoms with Crippen molar-refractivity contribution in [3.8, 4) is 0 Å². The topological polar surface area (TPSA) is 63.3 Å². The van der Waals surface area contributed by atoms with Crippen molar-refractivity contribution in [3.05, 3.63) is 45.9 Å². The molecule has 112 valence electrons. The molecule has 0 aliphatic carbocycles. The van der Waals surface area contributed by atoms with Crippen LogP contribution in [0.4, 0.5) is 5.69 Å². The van der Waals surface area contributed by atoms with Gasteiger partial charge in [-0.1, -0.05) is 26.0 Å². The van der Waals surface area contributed by atoms with E-state index < -0.39 is 0 Å². The Labute approximate surface area is 130 Å². The zero-order valence-corrected chi connectivity index (χ0v) is 13.4. The van der Waals surface area contributed by atoms with Crippen molar-refractivity contribution < 1.29 is 0 Å². The third kappa shape index (κ3) is 4.86. The molecule has 2 aromatic rings. The number of nitrogens with two attached hydrogens (primary N) is 1. The van der Waals surface area contributed by atoms with E-state index in [-0.39, 0.29) is 0 Å².